The molecule has 4 rings (SSSR count). The molecule has 2 N–H and O–H groups in total. The van der Waals surface area contributed by atoms with E-state index in [0.717, 1.165) is 29.2 Å². The molecule has 0 amide bonds. The highest BCUT2D eigenvalue weighted by molar-refractivity contribution is 7.80. The van der Waals surface area contributed by atoms with E-state index < -0.39 is 5.97 Å². The van der Waals surface area contributed by atoms with E-state index in [4.69, 9.17) is 17.0 Å². The van der Waals surface area contributed by atoms with Gasteiger partial charge in [-0.1, -0.05) is 67.8 Å². The quantitative estimate of drug-likeness (QED) is 0.191. The summed E-state index contributed by atoms with van der Waals surface area (Å²) in [6.45, 7) is 0. The maximum Gasteiger partial charge on any atom is 0.343 e. The van der Waals surface area contributed by atoms with Gasteiger partial charge in [-0.3, -0.25) is 5.43 Å². The lowest BCUT2D eigenvalue weighted by molar-refractivity contribution is 0.0734. The number of benzene rings is 3. The number of carbonyl (C=O) groups is 1. The second-order valence-electron chi connectivity index (χ2n) is 7.63. The van der Waals surface area contributed by atoms with Gasteiger partial charge in [0.2, 0.25) is 0 Å². The third-order valence-corrected chi connectivity index (χ3v) is 5.65. The van der Waals surface area contributed by atoms with Crippen LogP contribution in [0, 0.1) is 0 Å². The second kappa shape index (κ2) is 10.2. The lowest BCUT2D eigenvalue weighted by Gasteiger charge is -2.23. The molecule has 1 fully saturated rings. The van der Waals surface area contributed by atoms with Crippen molar-refractivity contribution in [3.05, 3.63) is 77.9 Å². The van der Waals surface area contributed by atoms with Crippen LogP contribution in [0.2, 0.25) is 0 Å². The average molecular weight is 432 g/mol. The largest absolute Gasteiger partial charge is 0.422 e. The number of rotatable bonds is 5. The van der Waals surface area contributed by atoms with E-state index in [1.54, 1.807) is 24.4 Å². The van der Waals surface area contributed by atoms with Crippen LogP contribution in [0.4, 0.5) is 0 Å². The molecule has 1 saturated carbocycles. The minimum absolute atomic E-state index is 0.406. The van der Waals surface area contributed by atoms with Crippen LogP contribution in [0.25, 0.3) is 10.8 Å². The van der Waals surface area contributed by atoms with Gasteiger partial charge in [0.1, 0.15) is 5.75 Å². The number of thiocarbonyl (C=S) groups is 1. The molecule has 0 aliphatic heterocycles. The van der Waals surface area contributed by atoms with Crippen LogP contribution >= 0.6 is 12.2 Å². The van der Waals surface area contributed by atoms with Gasteiger partial charge in [-0.15, -0.1) is 0 Å². The summed E-state index contributed by atoms with van der Waals surface area (Å²) >= 11 is 5.39. The van der Waals surface area contributed by atoms with Crippen molar-refractivity contribution < 1.29 is 9.53 Å². The van der Waals surface area contributed by atoms with Crippen molar-refractivity contribution in [2.45, 2.75) is 38.1 Å². The molecule has 3 aromatic carbocycles. The smallest absolute Gasteiger partial charge is 0.343 e. The zero-order valence-electron chi connectivity index (χ0n) is 17.2. The van der Waals surface area contributed by atoms with Crippen molar-refractivity contribution in [1.82, 2.24) is 10.7 Å². The zero-order valence-corrected chi connectivity index (χ0v) is 18.0. The Hall–Kier alpha value is -3.25. The maximum atomic E-state index is 12.6. The van der Waals surface area contributed by atoms with Crippen LogP contribution in [-0.4, -0.2) is 23.3 Å². The molecule has 6 heteroatoms. The Bertz CT molecular complexity index is 1090. The molecule has 0 aromatic heterocycles. The highest BCUT2D eigenvalue weighted by Crippen LogP contribution is 2.27. The molecule has 0 heterocycles. The van der Waals surface area contributed by atoms with Crippen molar-refractivity contribution in [3.8, 4) is 5.75 Å². The summed E-state index contributed by atoms with van der Waals surface area (Å²) in [6.07, 6.45) is 7.68. The standard InChI is InChI=1S/C25H25N3O2S/c29-24(19-10-3-1-4-11-19)30-23-16-15-18-9-7-8-14-21(18)22(23)17-26-28-25(31)27-20-12-5-2-6-13-20/h1,3-4,7-11,14-17,20H,2,5-6,12-13H2,(H2,27,28,31)/b26-17+. The Morgan fingerprint density at radius 1 is 0.968 bits per heavy atom. The minimum atomic E-state index is -0.409. The van der Waals surface area contributed by atoms with Gasteiger partial charge in [-0.25, -0.2) is 4.79 Å². The van der Waals surface area contributed by atoms with Crippen LogP contribution < -0.4 is 15.5 Å². The number of hydrogen-bond acceptors (Lipinski definition) is 4. The topological polar surface area (TPSA) is 62.7 Å². The normalized spacial score (nSPS) is 14.5. The lowest BCUT2D eigenvalue weighted by Crippen LogP contribution is -2.40. The number of nitrogens with zero attached hydrogens (tertiary/aromatic N) is 1. The summed E-state index contributed by atoms with van der Waals surface area (Å²) in [5.41, 5.74) is 4.12. The van der Waals surface area contributed by atoms with Gasteiger partial charge in [0.15, 0.2) is 5.11 Å². The fraction of sp³-hybridized carbons (Fsp3) is 0.240. The van der Waals surface area contributed by atoms with Gasteiger partial charge >= 0.3 is 5.97 Å². The summed E-state index contributed by atoms with van der Waals surface area (Å²) in [4.78, 5) is 12.6. The minimum Gasteiger partial charge on any atom is -0.422 e. The molecule has 0 saturated heterocycles. The maximum absolute atomic E-state index is 12.6. The lowest BCUT2D eigenvalue weighted by atomic mass is 9.96. The number of hydrazone groups is 1. The molecule has 0 radical (unpaired) electrons. The Morgan fingerprint density at radius 2 is 1.71 bits per heavy atom. The Balaban J connectivity index is 1.53. The first-order chi connectivity index (χ1) is 15.2. The molecule has 1 aliphatic carbocycles. The number of ether oxygens (including phenoxy) is 1. The predicted molar refractivity (Wildman–Crippen MR) is 129 cm³/mol. The summed E-state index contributed by atoms with van der Waals surface area (Å²) in [7, 11) is 0. The number of esters is 1. The summed E-state index contributed by atoms with van der Waals surface area (Å²) in [5.74, 6) is 0.0391. The van der Waals surface area contributed by atoms with Gasteiger partial charge in [0, 0.05) is 11.6 Å². The van der Waals surface area contributed by atoms with Gasteiger partial charge < -0.3 is 10.1 Å². The first-order valence-electron chi connectivity index (χ1n) is 10.6. The van der Waals surface area contributed by atoms with Gasteiger partial charge in [0.25, 0.3) is 0 Å². The van der Waals surface area contributed by atoms with E-state index in [1.807, 2.05) is 48.5 Å². The van der Waals surface area contributed by atoms with Crippen LogP contribution in [-0.2, 0) is 0 Å². The molecule has 0 unspecified atom stereocenters. The predicted octanol–water partition coefficient (Wildman–Crippen LogP) is 5.19. The Labute approximate surface area is 187 Å². The SMILES string of the molecule is O=C(Oc1ccc2ccccc2c1/C=N/NC(=S)NC1CCCCC1)c1ccccc1. The van der Waals surface area contributed by atoms with Crippen LogP contribution in [0.5, 0.6) is 5.75 Å². The molecule has 31 heavy (non-hydrogen) atoms. The number of carbonyl (C=O) groups excluding carboxylic acids is 1. The molecule has 0 atom stereocenters. The van der Waals surface area contributed by atoms with Gasteiger partial charge in [-0.2, -0.15) is 5.10 Å². The summed E-state index contributed by atoms with van der Waals surface area (Å²) in [6, 6.07) is 21.0. The van der Waals surface area contributed by atoms with Crippen molar-refractivity contribution in [2.24, 2.45) is 5.10 Å². The fourth-order valence-electron chi connectivity index (χ4n) is 3.85. The molecule has 5 nitrogen and oxygen atoms in total. The first-order valence-corrected chi connectivity index (χ1v) is 11.0. The second-order valence-corrected chi connectivity index (χ2v) is 8.04. The third-order valence-electron chi connectivity index (χ3n) is 5.44. The van der Waals surface area contributed by atoms with E-state index in [0.29, 0.717) is 22.5 Å². The molecular formula is C25H25N3O2S. The monoisotopic (exact) mass is 431 g/mol. The molecule has 0 spiro atoms. The van der Waals surface area contributed by atoms with E-state index in [-0.39, 0.29) is 0 Å². The number of hydrogen-bond donors (Lipinski definition) is 2. The van der Waals surface area contributed by atoms with Crippen molar-refractivity contribution in [2.75, 3.05) is 0 Å². The van der Waals surface area contributed by atoms with Gasteiger partial charge in [-0.05, 0) is 54.0 Å². The third kappa shape index (κ3) is 5.47. The van der Waals surface area contributed by atoms with Crippen LogP contribution in [0.1, 0.15) is 48.0 Å². The van der Waals surface area contributed by atoms with Crippen LogP contribution in [0.3, 0.4) is 0 Å². The average Bonchev–Trinajstić information content (AvgIpc) is 2.81. The molecule has 1 aliphatic rings. The van der Waals surface area contributed by atoms with Gasteiger partial charge in [0.05, 0.1) is 11.8 Å². The van der Waals surface area contributed by atoms with E-state index >= 15 is 0 Å². The Kier molecular flexibility index (Phi) is 6.89. The molecule has 3 aromatic rings. The number of fused-ring (bicyclic) bond motifs is 1. The van der Waals surface area contributed by atoms with Crippen molar-refractivity contribution >= 4 is 40.3 Å². The first kappa shape index (κ1) is 21.0. The molecular weight excluding hydrogens is 406 g/mol. The fourth-order valence-corrected chi connectivity index (χ4v) is 4.07. The molecule has 0 bridgehead atoms. The van der Waals surface area contributed by atoms with E-state index in [1.165, 1.54) is 19.3 Å². The highest BCUT2D eigenvalue weighted by atomic mass is 32.1. The molecule has 158 valence electrons. The zero-order chi connectivity index (χ0) is 21.5. The number of nitrogens with one attached hydrogen (secondary N) is 2. The van der Waals surface area contributed by atoms with Crippen molar-refractivity contribution in [1.29, 1.82) is 0 Å². The Morgan fingerprint density at radius 3 is 2.52 bits per heavy atom. The van der Waals surface area contributed by atoms with Crippen molar-refractivity contribution in [3.63, 3.8) is 0 Å². The summed E-state index contributed by atoms with van der Waals surface area (Å²) < 4.78 is 5.71. The highest BCUT2D eigenvalue weighted by Gasteiger charge is 2.15. The van der Waals surface area contributed by atoms with E-state index in [9.17, 15) is 4.79 Å². The van der Waals surface area contributed by atoms with E-state index in [2.05, 4.69) is 15.8 Å². The van der Waals surface area contributed by atoms with Crippen LogP contribution in [0.15, 0.2) is 71.8 Å². The summed E-state index contributed by atoms with van der Waals surface area (Å²) in [5, 5.41) is 10.1.